The van der Waals surface area contributed by atoms with Crippen molar-refractivity contribution in [3.63, 3.8) is 0 Å². The zero-order valence-electron chi connectivity index (χ0n) is 13.2. The first-order chi connectivity index (χ1) is 11.6. The smallest absolute Gasteiger partial charge is 0.268 e. The molecule has 8 heteroatoms. The first-order valence-corrected chi connectivity index (χ1v) is 8.86. The molecule has 0 atom stereocenters. The van der Waals surface area contributed by atoms with E-state index in [9.17, 15) is 10.1 Å². The molecule has 0 unspecified atom stereocenters. The summed E-state index contributed by atoms with van der Waals surface area (Å²) in [4.78, 5) is 12.3. The molecule has 0 saturated heterocycles. The van der Waals surface area contributed by atoms with E-state index in [1.54, 1.807) is 12.1 Å². The van der Waals surface area contributed by atoms with Crippen LogP contribution >= 0.6 is 27.3 Å². The van der Waals surface area contributed by atoms with E-state index in [1.807, 2.05) is 26.0 Å². The Morgan fingerprint density at radius 2 is 2.25 bits per heavy atom. The maximum atomic E-state index is 12.3. The fourth-order valence-corrected chi connectivity index (χ4v) is 2.89. The molecular weight excluding hydrogens is 392 g/mol. The summed E-state index contributed by atoms with van der Waals surface area (Å²) in [5, 5.41) is 20.9. The maximum absolute atomic E-state index is 12.3. The van der Waals surface area contributed by atoms with Gasteiger partial charge in [-0.05, 0) is 37.6 Å². The van der Waals surface area contributed by atoms with Crippen LogP contribution in [-0.2, 0) is 11.2 Å². The van der Waals surface area contributed by atoms with Crippen molar-refractivity contribution in [1.29, 1.82) is 5.26 Å². The number of anilines is 1. The number of rotatable bonds is 6. The van der Waals surface area contributed by atoms with Gasteiger partial charge in [-0.2, -0.15) is 5.26 Å². The maximum Gasteiger partial charge on any atom is 0.268 e. The lowest BCUT2D eigenvalue weighted by Crippen LogP contribution is -2.13. The van der Waals surface area contributed by atoms with E-state index in [4.69, 9.17) is 4.74 Å². The summed E-state index contributed by atoms with van der Waals surface area (Å²) in [5.74, 6) is 0.0733. The Balaban J connectivity index is 2.27. The highest BCUT2D eigenvalue weighted by molar-refractivity contribution is 9.10. The number of carbonyl (C=O) groups is 1. The van der Waals surface area contributed by atoms with E-state index in [-0.39, 0.29) is 5.57 Å². The highest BCUT2D eigenvalue weighted by Gasteiger charge is 2.14. The number of halogens is 1. The molecule has 1 aromatic carbocycles. The van der Waals surface area contributed by atoms with E-state index < -0.39 is 5.91 Å². The Kier molecular flexibility index (Phi) is 6.46. The molecule has 24 heavy (non-hydrogen) atoms. The number of nitrogens with zero attached hydrogens (tertiary/aromatic N) is 3. The number of hydrogen-bond acceptors (Lipinski definition) is 6. The van der Waals surface area contributed by atoms with Crippen molar-refractivity contribution in [2.24, 2.45) is 0 Å². The van der Waals surface area contributed by atoms with Crippen LogP contribution in [0, 0.1) is 11.3 Å². The van der Waals surface area contributed by atoms with Gasteiger partial charge in [0.2, 0.25) is 5.13 Å². The van der Waals surface area contributed by atoms with E-state index in [0.29, 0.717) is 23.1 Å². The van der Waals surface area contributed by atoms with Crippen molar-refractivity contribution in [2.45, 2.75) is 20.3 Å². The van der Waals surface area contributed by atoms with Gasteiger partial charge in [-0.15, -0.1) is 10.2 Å². The molecule has 1 aromatic heterocycles. The molecule has 2 aromatic rings. The normalized spacial score (nSPS) is 11.0. The molecule has 0 saturated carbocycles. The number of benzene rings is 1. The third-order valence-electron chi connectivity index (χ3n) is 2.93. The standard InChI is InChI=1S/C16H15BrN4O2S/c1-3-14-20-21-16(24-14)19-15(22)11(9-18)7-10-8-12(17)5-6-13(10)23-4-2/h5-8H,3-4H2,1-2H3,(H,19,21,22)/b11-7+. The van der Waals surface area contributed by atoms with Crippen LogP contribution in [0.1, 0.15) is 24.4 Å². The molecule has 1 N–H and O–H groups in total. The van der Waals surface area contributed by atoms with Gasteiger partial charge in [0.25, 0.3) is 5.91 Å². The van der Waals surface area contributed by atoms with Crippen LogP contribution in [-0.4, -0.2) is 22.7 Å². The molecule has 1 amide bonds. The van der Waals surface area contributed by atoms with Gasteiger partial charge in [-0.3, -0.25) is 10.1 Å². The Morgan fingerprint density at radius 1 is 1.46 bits per heavy atom. The first-order valence-electron chi connectivity index (χ1n) is 7.25. The molecule has 1 heterocycles. The molecule has 0 aliphatic carbocycles. The minimum Gasteiger partial charge on any atom is -0.493 e. The number of carbonyl (C=O) groups excluding carboxylic acids is 1. The van der Waals surface area contributed by atoms with Gasteiger partial charge in [-0.25, -0.2) is 0 Å². The Bertz CT molecular complexity index is 811. The number of nitrogens with one attached hydrogen (secondary N) is 1. The Labute approximate surface area is 152 Å². The van der Waals surface area contributed by atoms with Gasteiger partial charge in [0.15, 0.2) is 0 Å². The molecule has 0 bridgehead atoms. The van der Waals surface area contributed by atoms with Gasteiger partial charge in [0.05, 0.1) is 6.61 Å². The third kappa shape index (κ3) is 4.63. The molecule has 0 fully saturated rings. The average Bonchev–Trinajstić information content (AvgIpc) is 3.02. The van der Waals surface area contributed by atoms with Gasteiger partial charge < -0.3 is 4.74 Å². The topological polar surface area (TPSA) is 87.9 Å². The summed E-state index contributed by atoms with van der Waals surface area (Å²) in [7, 11) is 0. The summed E-state index contributed by atoms with van der Waals surface area (Å²) in [6.45, 7) is 4.31. The van der Waals surface area contributed by atoms with E-state index in [0.717, 1.165) is 15.9 Å². The van der Waals surface area contributed by atoms with Gasteiger partial charge in [0, 0.05) is 10.0 Å². The molecule has 0 aliphatic heterocycles. The van der Waals surface area contributed by atoms with E-state index >= 15 is 0 Å². The van der Waals surface area contributed by atoms with Crippen LogP contribution in [0.5, 0.6) is 5.75 Å². The van der Waals surface area contributed by atoms with Crippen LogP contribution < -0.4 is 10.1 Å². The third-order valence-corrected chi connectivity index (χ3v) is 4.40. The van der Waals surface area contributed by atoms with Crippen molar-refractivity contribution in [1.82, 2.24) is 10.2 Å². The van der Waals surface area contributed by atoms with Crippen molar-refractivity contribution < 1.29 is 9.53 Å². The Morgan fingerprint density at radius 3 is 2.88 bits per heavy atom. The first kappa shape index (κ1) is 18.1. The predicted molar refractivity (Wildman–Crippen MR) is 96.8 cm³/mol. The Hall–Kier alpha value is -2.24. The second kappa shape index (κ2) is 8.57. The van der Waals surface area contributed by atoms with Crippen LogP contribution in [0.4, 0.5) is 5.13 Å². The number of aromatic nitrogens is 2. The number of nitriles is 1. The largest absolute Gasteiger partial charge is 0.493 e. The zero-order chi connectivity index (χ0) is 17.5. The number of ether oxygens (including phenoxy) is 1. The van der Waals surface area contributed by atoms with Crippen molar-refractivity contribution in [3.05, 3.63) is 38.8 Å². The summed E-state index contributed by atoms with van der Waals surface area (Å²) in [6, 6.07) is 7.32. The lowest BCUT2D eigenvalue weighted by molar-refractivity contribution is -0.112. The van der Waals surface area contributed by atoms with Crippen LogP contribution in [0.15, 0.2) is 28.2 Å². The van der Waals surface area contributed by atoms with Gasteiger partial charge in [-0.1, -0.05) is 34.2 Å². The predicted octanol–water partition coefficient (Wildman–Crippen LogP) is 3.81. The van der Waals surface area contributed by atoms with Crippen LogP contribution in [0.25, 0.3) is 6.08 Å². The van der Waals surface area contributed by atoms with Gasteiger partial charge >= 0.3 is 0 Å². The van der Waals surface area contributed by atoms with Crippen molar-refractivity contribution >= 4 is 44.4 Å². The van der Waals surface area contributed by atoms with Crippen LogP contribution in [0.2, 0.25) is 0 Å². The van der Waals surface area contributed by atoms with Crippen LogP contribution in [0.3, 0.4) is 0 Å². The monoisotopic (exact) mass is 406 g/mol. The summed E-state index contributed by atoms with van der Waals surface area (Å²) >= 11 is 4.66. The van der Waals surface area contributed by atoms with E-state index in [2.05, 4.69) is 31.4 Å². The fraction of sp³-hybridized carbons (Fsp3) is 0.250. The minimum absolute atomic E-state index is 0.0395. The number of amides is 1. The highest BCUT2D eigenvalue weighted by Crippen LogP contribution is 2.26. The molecular formula is C16H15BrN4O2S. The summed E-state index contributed by atoms with van der Waals surface area (Å²) < 4.78 is 6.35. The SMILES string of the molecule is CCOc1ccc(Br)cc1/C=C(\C#N)C(=O)Nc1nnc(CC)s1. The number of aryl methyl sites for hydroxylation is 1. The second-order valence-electron chi connectivity index (χ2n) is 4.59. The van der Waals surface area contributed by atoms with E-state index in [1.165, 1.54) is 17.4 Å². The van der Waals surface area contributed by atoms with Gasteiger partial charge in [0.1, 0.15) is 22.4 Å². The van der Waals surface area contributed by atoms with Crippen molar-refractivity contribution in [3.8, 4) is 11.8 Å². The summed E-state index contributed by atoms with van der Waals surface area (Å²) in [6.07, 6.45) is 2.23. The molecule has 0 radical (unpaired) electrons. The molecule has 0 spiro atoms. The average molecular weight is 407 g/mol. The fourth-order valence-electron chi connectivity index (χ4n) is 1.83. The molecule has 6 nitrogen and oxygen atoms in total. The highest BCUT2D eigenvalue weighted by atomic mass is 79.9. The zero-order valence-corrected chi connectivity index (χ0v) is 15.6. The minimum atomic E-state index is -0.529. The summed E-state index contributed by atoms with van der Waals surface area (Å²) in [5.41, 5.74) is 0.603. The van der Waals surface area contributed by atoms with Crippen molar-refractivity contribution in [2.75, 3.05) is 11.9 Å². The lowest BCUT2D eigenvalue weighted by Gasteiger charge is -2.08. The molecule has 2 rings (SSSR count). The molecule has 0 aliphatic rings. The quantitative estimate of drug-likeness (QED) is 0.581. The second-order valence-corrected chi connectivity index (χ2v) is 6.57. The molecule has 124 valence electrons. The number of hydrogen-bond donors (Lipinski definition) is 1. The lowest BCUT2D eigenvalue weighted by atomic mass is 10.1.